The third kappa shape index (κ3) is 3.34. The molecule has 6 nitrogen and oxygen atoms in total. The van der Waals surface area contributed by atoms with E-state index in [0.717, 1.165) is 19.3 Å². The second kappa shape index (κ2) is 6.18. The lowest BCUT2D eigenvalue weighted by atomic mass is 10.1. The van der Waals surface area contributed by atoms with Crippen molar-refractivity contribution in [2.24, 2.45) is 5.73 Å². The van der Waals surface area contributed by atoms with E-state index in [1.165, 1.54) is 12.1 Å². The third-order valence-electron chi connectivity index (χ3n) is 3.26. The summed E-state index contributed by atoms with van der Waals surface area (Å²) >= 11 is 0. The number of benzene rings is 1. The van der Waals surface area contributed by atoms with Gasteiger partial charge >= 0.3 is 11.8 Å². The van der Waals surface area contributed by atoms with Crippen LogP contribution < -0.4 is 11.1 Å². The molecule has 1 saturated heterocycles. The van der Waals surface area contributed by atoms with Gasteiger partial charge < -0.3 is 16.0 Å². The van der Waals surface area contributed by atoms with Gasteiger partial charge in [-0.3, -0.25) is 14.4 Å². The van der Waals surface area contributed by atoms with Gasteiger partial charge in [0.2, 0.25) is 5.91 Å². The minimum atomic E-state index is -0.654. The fourth-order valence-electron chi connectivity index (χ4n) is 2.14. The smallest absolute Gasteiger partial charge is 0.313 e. The third-order valence-corrected chi connectivity index (χ3v) is 3.26. The van der Waals surface area contributed by atoms with Gasteiger partial charge in [-0.05, 0) is 43.5 Å². The molecule has 1 aromatic rings. The largest absolute Gasteiger partial charge is 0.366 e. The maximum absolute atomic E-state index is 11.9. The number of hydrogen-bond donors (Lipinski definition) is 2. The Morgan fingerprint density at radius 2 is 1.60 bits per heavy atom. The van der Waals surface area contributed by atoms with Crippen molar-refractivity contribution in [3.63, 3.8) is 0 Å². The molecule has 0 aliphatic carbocycles. The Morgan fingerprint density at radius 1 is 1.00 bits per heavy atom. The minimum Gasteiger partial charge on any atom is -0.366 e. The van der Waals surface area contributed by atoms with E-state index in [1.54, 1.807) is 17.0 Å². The van der Waals surface area contributed by atoms with Crippen molar-refractivity contribution >= 4 is 23.4 Å². The maximum atomic E-state index is 11.9. The molecule has 0 bridgehead atoms. The number of hydrogen-bond acceptors (Lipinski definition) is 3. The highest BCUT2D eigenvalue weighted by molar-refractivity contribution is 6.39. The highest BCUT2D eigenvalue weighted by atomic mass is 16.2. The van der Waals surface area contributed by atoms with Crippen LogP contribution in [0.15, 0.2) is 24.3 Å². The quantitative estimate of drug-likeness (QED) is 0.779. The molecule has 106 valence electrons. The van der Waals surface area contributed by atoms with Crippen molar-refractivity contribution in [1.29, 1.82) is 0 Å². The molecular formula is C14H17N3O3. The van der Waals surface area contributed by atoms with Gasteiger partial charge in [0.15, 0.2) is 0 Å². The normalized spacial score (nSPS) is 14.7. The van der Waals surface area contributed by atoms with Gasteiger partial charge in [-0.1, -0.05) is 0 Å². The monoisotopic (exact) mass is 275 g/mol. The molecule has 20 heavy (non-hydrogen) atoms. The molecular weight excluding hydrogens is 258 g/mol. The van der Waals surface area contributed by atoms with Crippen molar-refractivity contribution in [1.82, 2.24) is 4.90 Å². The second-order valence-electron chi connectivity index (χ2n) is 4.75. The van der Waals surface area contributed by atoms with Crippen molar-refractivity contribution < 1.29 is 14.4 Å². The second-order valence-corrected chi connectivity index (χ2v) is 4.75. The van der Waals surface area contributed by atoms with Crippen LogP contribution >= 0.6 is 0 Å². The molecule has 0 spiro atoms. The summed E-state index contributed by atoms with van der Waals surface area (Å²) in [4.78, 5) is 36.2. The fourth-order valence-corrected chi connectivity index (χ4v) is 2.14. The van der Waals surface area contributed by atoms with E-state index in [2.05, 4.69) is 5.32 Å². The molecule has 1 heterocycles. The maximum Gasteiger partial charge on any atom is 0.313 e. The zero-order valence-electron chi connectivity index (χ0n) is 11.1. The number of anilines is 1. The Kier molecular flexibility index (Phi) is 4.34. The number of primary amides is 1. The van der Waals surface area contributed by atoms with Crippen LogP contribution in [0.25, 0.3) is 0 Å². The van der Waals surface area contributed by atoms with Crippen molar-refractivity contribution in [3.05, 3.63) is 29.8 Å². The summed E-state index contributed by atoms with van der Waals surface area (Å²) in [5.74, 6) is -1.70. The van der Waals surface area contributed by atoms with E-state index < -0.39 is 17.7 Å². The van der Waals surface area contributed by atoms with Gasteiger partial charge in [-0.15, -0.1) is 0 Å². The number of rotatable bonds is 2. The summed E-state index contributed by atoms with van der Waals surface area (Å²) in [5, 5.41) is 2.52. The first kappa shape index (κ1) is 14.0. The van der Waals surface area contributed by atoms with Gasteiger partial charge in [0.1, 0.15) is 0 Å². The summed E-state index contributed by atoms with van der Waals surface area (Å²) < 4.78 is 0. The van der Waals surface area contributed by atoms with E-state index in [1.807, 2.05) is 0 Å². The molecule has 3 amide bonds. The SMILES string of the molecule is NC(=O)c1ccc(NC(=O)C(=O)N2CCCCC2)cc1. The molecule has 0 saturated carbocycles. The standard InChI is InChI=1S/C14H17N3O3/c15-12(18)10-4-6-11(7-5-10)16-13(19)14(20)17-8-2-1-3-9-17/h4-7H,1-3,8-9H2,(H2,15,18)(H,16,19). The summed E-state index contributed by atoms with van der Waals surface area (Å²) in [6, 6.07) is 6.09. The molecule has 2 rings (SSSR count). The average Bonchev–Trinajstić information content (AvgIpc) is 2.48. The number of carbonyl (C=O) groups is 3. The Balaban J connectivity index is 1.96. The number of nitrogens with one attached hydrogen (secondary N) is 1. The predicted octanol–water partition coefficient (Wildman–Crippen LogP) is 0.736. The van der Waals surface area contributed by atoms with Crippen molar-refractivity contribution in [2.45, 2.75) is 19.3 Å². The highest BCUT2D eigenvalue weighted by Gasteiger charge is 2.23. The number of nitrogens with two attached hydrogens (primary N) is 1. The van der Waals surface area contributed by atoms with Crippen LogP contribution in [0.3, 0.4) is 0 Å². The van der Waals surface area contributed by atoms with Crippen LogP contribution in [0, 0.1) is 0 Å². The fraction of sp³-hybridized carbons (Fsp3) is 0.357. The Morgan fingerprint density at radius 3 is 2.15 bits per heavy atom. The first-order valence-electron chi connectivity index (χ1n) is 6.58. The molecule has 3 N–H and O–H groups in total. The van der Waals surface area contributed by atoms with Crippen LogP contribution in [0.4, 0.5) is 5.69 Å². The zero-order chi connectivity index (χ0) is 14.5. The minimum absolute atomic E-state index is 0.352. The highest BCUT2D eigenvalue weighted by Crippen LogP contribution is 2.12. The average molecular weight is 275 g/mol. The zero-order valence-corrected chi connectivity index (χ0v) is 11.1. The van der Waals surface area contributed by atoms with E-state index >= 15 is 0 Å². The number of amides is 3. The molecule has 6 heteroatoms. The number of carbonyl (C=O) groups excluding carboxylic acids is 3. The Hall–Kier alpha value is -2.37. The lowest BCUT2D eigenvalue weighted by molar-refractivity contribution is -0.143. The van der Waals surface area contributed by atoms with Crippen LogP contribution in [-0.4, -0.2) is 35.7 Å². The topological polar surface area (TPSA) is 92.5 Å². The van der Waals surface area contributed by atoms with Crippen LogP contribution in [0.1, 0.15) is 29.6 Å². The Labute approximate surface area is 116 Å². The number of likely N-dealkylation sites (tertiary alicyclic amines) is 1. The van der Waals surface area contributed by atoms with E-state index in [0.29, 0.717) is 24.3 Å². The van der Waals surface area contributed by atoms with E-state index in [-0.39, 0.29) is 0 Å². The first-order valence-corrected chi connectivity index (χ1v) is 6.58. The predicted molar refractivity (Wildman–Crippen MR) is 74.0 cm³/mol. The lowest BCUT2D eigenvalue weighted by Crippen LogP contribution is -2.42. The van der Waals surface area contributed by atoms with E-state index in [4.69, 9.17) is 5.73 Å². The number of piperidine rings is 1. The van der Waals surface area contributed by atoms with Gasteiger partial charge in [0.25, 0.3) is 0 Å². The van der Waals surface area contributed by atoms with Crippen LogP contribution in [-0.2, 0) is 9.59 Å². The summed E-state index contributed by atoms with van der Waals surface area (Å²) in [6.45, 7) is 1.26. The van der Waals surface area contributed by atoms with Gasteiger partial charge in [-0.25, -0.2) is 0 Å². The van der Waals surface area contributed by atoms with Gasteiger partial charge in [-0.2, -0.15) is 0 Å². The summed E-state index contributed by atoms with van der Waals surface area (Å²) in [6.07, 6.45) is 2.97. The lowest BCUT2D eigenvalue weighted by Gasteiger charge is -2.25. The van der Waals surface area contributed by atoms with E-state index in [9.17, 15) is 14.4 Å². The Bertz CT molecular complexity index is 519. The molecule has 0 radical (unpaired) electrons. The molecule has 0 atom stereocenters. The summed E-state index contributed by atoms with van der Waals surface area (Å²) in [5.41, 5.74) is 5.94. The molecule has 0 unspecified atom stereocenters. The van der Waals surface area contributed by atoms with Gasteiger partial charge in [0.05, 0.1) is 0 Å². The van der Waals surface area contributed by atoms with Crippen molar-refractivity contribution in [3.8, 4) is 0 Å². The van der Waals surface area contributed by atoms with Crippen molar-refractivity contribution in [2.75, 3.05) is 18.4 Å². The molecule has 1 aromatic carbocycles. The first-order chi connectivity index (χ1) is 9.58. The van der Waals surface area contributed by atoms with Crippen LogP contribution in [0.2, 0.25) is 0 Å². The molecule has 1 aliphatic rings. The molecule has 1 aliphatic heterocycles. The number of nitrogens with zero attached hydrogens (tertiary/aromatic N) is 1. The molecule has 0 aromatic heterocycles. The summed E-state index contributed by atoms with van der Waals surface area (Å²) in [7, 11) is 0. The van der Waals surface area contributed by atoms with Crippen LogP contribution in [0.5, 0.6) is 0 Å². The molecule has 1 fully saturated rings. The van der Waals surface area contributed by atoms with Gasteiger partial charge in [0, 0.05) is 24.3 Å².